The molecule has 0 radical (unpaired) electrons. The van der Waals surface area contributed by atoms with E-state index in [-0.39, 0.29) is 0 Å². The van der Waals surface area contributed by atoms with Crippen LogP contribution >= 0.6 is 0 Å². The fraction of sp³-hybridized carbons (Fsp3) is 0.444. The Morgan fingerprint density at radius 2 is 1.05 bits per heavy atom. The van der Waals surface area contributed by atoms with Gasteiger partial charge in [-0.15, -0.1) is 0 Å². The Labute approximate surface area is 155 Å². The Morgan fingerprint density at radius 1 is 0.773 bits per heavy atom. The van der Waals surface area contributed by atoms with Crippen molar-refractivity contribution in [2.24, 2.45) is 0 Å². The van der Waals surface area contributed by atoms with Crippen molar-refractivity contribution < 1.29 is 23.3 Å². The molecule has 2 aromatic carbocycles. The van der Waals surface area contributed by atoms with E-state index in [0.29, 0.717) is 5.43 Å². The van der Waals surface area contributed by atoms with Gasteiger partial charge < -0.3 is 0 Å². The first-order valence-electron chi connectivity index (χ1n) is 8.01. The average molecular weight is 426 g/mol. The van der Waals surface area contributed by atoms with E-state index >= 15 is 0 Å². The zero-order valence-corrected chi connectivity index (χ0v) is 22.3. The minimum atomic E-state index is -0.981. The second-order valence-electron chi connectivity index (χ2n) is 8.05. The molecule has 0 N–H and O–H groups in total. The van der Waals surface area contributed by atoms with Crippen LogP contribution in [0.15, 0.2) is 48.5 Å². The Morgan fingerprint density at radius 3 is 1.14 bits per heavy atom. The number of rotatable bonds is 2. The predicted octanol–water partition coefficient (Wildman–Crippen LogP) is 4.15. The summed E-state index contributed by atoms with van der Waals surface area (Å²) in [6.07, 6.45) is 0. The third-order valence-electron chi connectivity index (χ3n) is 3.06. The minimum absolute atomic E-state index is 0.290. The Bertz CT molecular complexity index is 463. The van der Waals surface area contributed by atoms with Crippen molar-refractivity contribution in [2.45, 2.75) is 52.4 Å². The summed E-state index contributed by atoms with van der Waals surface area (Å²) in [6.45, 7) is 18.9. The standard InChI is InChI=1S/2C8H13Si.C2H6Si.Zr.2H/c2*1-9(2,3)8-6-4-5-7-8;1-3-2;;;/h2*4-7H,1-3H3;1-2H3;;;/q2*-1;;;;. The van der Waals surface area contributed by atoms with E-state index in [9.17, 15) is 0 Å². The second-order valence-corrected chi connectivity index (χ2v) is 31.1. The summed E-state index contributed by atoms with van der Waals surface area (Å²) >= 11 is 1.27. The van der Waals surface area contributed by atoms with Gasteiger partial charge in [-0.05, 0) is 0 Å². The average Bonchev–Trinajstić information content (AvgIpc) is 3.02. The van der Waals surface area contributed by atoms with Crippen molar-refractivity contribution >= 4 is 32.0 Å². The van der Waals surface area contributed by atoms with Crippen LogP contribution in [0.25, 0.3) is 0 Å². The quantitative estimate of drug-likeness (QED) is 0.501. The molecule has 0 atom stereocenters. The van der Waals surface area contributed by atoms with Crippen LogP contribution in [0.2, 0.25) is 52.4 Å². The summed E-state index contributed by atoms with van der Waals surface area (Å²) in [5.41, 5.74) is 0.290. The molecule has 0 spiro atoms. The number of hydrogen-bond acceptors (Lipinski definition) is 0. The van der Waals surface area contributed by atoms with Crippen molar-refractivity contribution in [3.63, 3.8) is 0 Å². The topological polar surface area (TPSA) is 0 Å². The van der Waals surface area contributed by atoms with E-state index in [1.165, 1.54) is 23.3 Å². The van der Waals surface area contributed by atoms with Crippen LogP contribution in [0.3, 0.4) is 0 Å². The molecule has 0 aromatic heterocycles. The zero-order chi connectivity index (χ0) is 17.4. The van der Waals surface area contributed by atoms with Gasteiger partial charge >= 0.3 is 41.9 Å². The molecule has 0 aliphatic rings. The van der Waals surface area contributed by atoms with Gasteiger partial charge in [0.2, 0.25) is 0 Å². The number of hydrogen-bond donors (Lipinski definition) is 0. The van der Waals surface area contributed by atoms with Crippen LogP contribution in [-0.4, -0.2) is 21.6 Å². The van der Waals surface area contributed by atoms with Gasteiger partial charge in [-0.1, -0.05) is 39.3 Å². The SMILES string of the molecule is C[Si](C)(C)c1cc[cH-]c1.C[Si](C)(C)c1cc[cH-]c1.C[Si](C)=[ZrH2]. The normalized spacial score (nSPS) is 10.9. The van der Waals surface area contributed by atoms with Crippen LogP contribution in [0.1, 0.15) is 0 Å². The summed E-state index contributed by atoms with van der Waals surface area (Å²) in [5, 5.41) is 3.12. The summed E-state index contributed by atoms with van der Waals surface area (Å²) in [5.74, 6) is 0. The van der Waals surface area contributed by atoms with E-state index < -0.39 is 16.1 Å². The van der Waals surface area contributed by atoms with E-state index in [0.717, 1.165) is 0 Å². The summed E-state index contributed by atoms with van der Waals surface area (Å²) < 4.78 is 0. The summed E-state index contributed by atoms with van der Waals surface area (Å²) in [7, 11) is -1.96. The first kappa shape index (κ1) is 22.2. The Balaban J connectivity index is 0.000000326. The molecule has 2 aromatic rings. The molecular weight excluding hydrogens is 392 g/mol. The fourth-order valence-corrected chi connectivity index (χ4v) is 4.13. The molecule has 4 heteroatoms. The maximum absolute atomic E-state index is 2.36. The molecule has 0 aliphatic carbocycles. The first-order chi connectivity index (χ1) is 9.94. The van der Waals surface area contributed by atoms with Crippen molar-refractivity contribution in [3.8, 4) is 0 Å². The fourth-order valence-electron chi connectivity index (χ4n) is 1.75. The van der Waals surface area contributed by atoms with Gasteiger partial charge in [0, 0.05) is 16.1 Å². The third kappa shape index (κ3) is 10.9. The first-order valence-corrected chi connectivity index (χ1v) is 22.9. The molecule has 0 bridgehead atoms. The molecule has 0 saturated carbocycles. The predicted molar refractivity (Wildman–Crippen MR) is 110 cm³/mol. The van der Waals surface area contributed by atoms with E-state index in [1.54, 1.807) is 10.4 Å². The summed E-state index contributed by atoms with van der Waals surface area (Å²) in [4.78, 5) is 0. The van der Waals surface area contributed by atoms with Crippen LogP contribution in [0.5, 0.6) is 0 Å². The molecule has 0 fully saturated rings. The third-order valence-corrected chi connectivity index (χ3v) is 7.19. The van der Waals surface area contributed by atoms with Gasteiger partial charge in [-0.3, -0.25) is 0 Å². The van der Waals surface area contributed by atoms with Gasteiger partial charge in [0.05, 0.1) is 0 Å². The molecular formula is C18H34Si3Zr-2. The molecule has 2 rings (SSSR count). The van der Waals surface area contributed by atoms with Gasteiger partial charge in [0.1, 0.15) is 0 Å². The molecule has 0 unspecified atom stereocenters. The van der Waals surface area contributed by atoms with Crippen LogP contribution in [0.4, 0.5) is 0 Å². The molecule has 0 saturated heterocycles. The Hall–Kier alpha value is 0.234. The zero-order valence-electron chi connectivity index (χ0n) is 15.8. The van der Waals surface area contributed by atoms with Crippen LogP contribution in [-0.2, 0) is 23.3 Å². The second kappa shape index (κ2) is 10.2. The van der Waals surface area contributed by atoms with Gasteiger partial charge in [0.25, 0.3) is 0 Å². The molecule has 0 amide bonds. The molecule has 0 heterocycles. The van der Waals surface area contributed by atoms with Gasteiger partial charge in [-0.25, -0.2) is 22.5 Å². The van der Waals surface area contributed by atoms with Gasteiger partial charge in [0.15, 0.2) is 0 Å². The molecule has 124 valence electrons. The summed E-state index contributed by atoms with van der Waals surface area (Å²) in [6, 6.07) is 17.4. The molecule has 22 heavy (non-hydrogen) atoms. The Kier molecular flexibility index (Phi) is 10.3. The van der Waals surface area contributed by atoms with E-state index in [2.05, 4.69) is 101 Å². The van der Waals surface area contributed by atoms with Crippen molar-refractivity contribution in [1.29, 1.82) is 0 Å². The van der Waals surface area contributed by atoms with Crippen molar-refractivity contribution in [3.05, 3.63) is 48.5 Å². The van der Waals surface area contributed by atoms with Crippen molar-refractivity contribution in [2.75, 3.05) is 0 Å². The maximum atomic E-state index is 2.36. The van der Waals surface area contributed by atoms with Gasteiger partial charge in [-0.2, -0.15) is 36.4 Å². The van der Waals surface area contributed by atoms with E-state index in [1.807, 2.05) is 0 Å². The van der Waals surface area contributed by atoms with Crippen molar-refractivity contribution in [1.82, 2.24) is 0 Å². The monoisotopic (exact) mass is 424 g/mol. The van der Waals surface area contributed by atoms with Crippen LogP contribution < -0.4 is 10.4 Å². The van der Waals surface area contributed by atoms with Crippen LogP contribution in [0, 0.1) is 0 Å². The molecule has 0 aliphatic heterocycles. The van der Waals surface area contributed by atoms with E-state index in [4.69, 9.17) is 0 Å². The molecule has 0 nitrogen and oxygen atoms in total.